The molecule has 1 aromatic carbocycles. The lowest BCUT2D eigenvalue weighted by molar-refractivity contribution is -0.129. The molecule has 9 nitrogen and oxygen atoms in total. The summed E-state index contributed by atoms with van der Waals surface area (Å²) in [6, 6.07) is 7.40. The first kappa shape index (κ1) is 22.1. The Morgan fingerprint density at radius 3 is 2.47 bits per heavy atom. The highest BCUT2D eigenvalue weighted by Crippen LogP contribution is 2.17. The van der Waals surface area contributed by atoms with E-state index in [4.69, 9.17) is 4.74 Å². The highest BCUT2D eigenvalue weighted by Gasteiger charge is 2.20. The zero-order valence-corrected chi connectivity index (χ0v) is 18.4. The molecule has 0 spiro atoms. The molecular formula is C20H28N6O3S. The quantitative estimate of drug-likeness (QED) is 0.609. The van der Waals surface area contributed by atoms with E-state index in [1.165, 1.54) is 11.8 Å². The van der Waals surface area contributed by atoms with E-state index in [0.717, 1.165) is 37.5 Å². The first-order chi connectivity index (χ1) is 14.5. The zero-order chi connectivity index (χ0) is 21.5. The summed E-state index contributed by atoms with van der Waals surface area (Å²) in [4.78, 5) is 28.7. The van der Waals surface area contributed by atoms with E-state index in [0.29, 0.717) is 16.7 Å². The third-order valence-electron chi connectivity index (χ3n) is 5.07. The van der Waals surface area contributed by atoms with Gasteiger partial charge in [0.1, 0.15) is 5.75 Å². The van der Waals surface area contributed by atoms with Crippen molar-refractivity contribution < 1.29 is 14.3 Å². The maximum absolute atomic E-state index is 12.4. The van der Waals surface area contributed by atoms with E-state index in [1.807, 2.05) is 40.8 Å². The summed E-state index contributed by atoms with van der Waals surface area (Å²) in [6.45, 7) is 3.62. The first-order valence-corrected chi connectivity index (χ1v) is 10.8. The Bertz CT molecular complexity index is 862. The van der Waals surface area contributed by atoms with Crippen molar-refractivity contribution in [3.8, 4) is 5.75 Å². The molecule has 0 saturated carbocycles. The van der Waals surface area contributed by atoms with Crippen LogP contribution in [0.4, 0.5) is 0 Å². The predicted molar refractivity (Wildman–Crippen MR) is 114 cm³/mol. The van der Waals surface area contributed by atoms with Crippen molar-refractivity contribution in [2.75, 3.05) is 46.1 Å². The van der Waals surface area contributed by atoms with Crippen molar-refractivity contribution in [3.05, 3.63) is 35.7 Å². The van der Waals surface area contributed by atoms with Gasteiger partial charge in [0, 0.05) is 33.2 Å². The number of thioether (sulfide) groups is 1. The average molecular weight is 433 g/mol. The monoisotopic (exact) mass is 432 g/mol. The van der Waals surface area contributed by atoms with Gasteiger partial charge in [0.2, 0.25) is 11.8 Å². The highest BCUT2D eigenvalue weighted by molar-refractivity contribution is 7.99. The summed E-state index contributed by atoms with van der Waals surface area (Å²) < 4.78 is 6.94. The number of piperazine rings is 1. The van der Waals surface area contributed by atoms with Gasteiger partial charge in [0.15, 0.2) is 11.0 Å². The van der Waals surface area contributed by atoms with Crippen LogP contribution < -0.4 is 10.1 Å². The van der Waals surface area contributed by atoms with Crippen LogP contribution in [-0.2, 0) is 29.6 Å². The van der Waals surface area contributed by atoms with Gasteiger partial charge < -0.3 is 24.4 Å². The fourth-order valence-corrected chi connectivity index (χ4v) is 3.90. The topological polar surface area (TPSA) is 92.6 Å². The minimum atomic E-state index is -0.0948. The lowest BCUT2D eigenvalue weighted by atomic mass is 10.1. The van der Waals surface area contributed by atoms with Crippen molar-refractivity contribution >= 4 is 23.6 Å². The van der Waals surface area contributed by atoms with Gasteiger partial charge in [-0.3, -0.25) is 9.59 Å². The summed E-state index contributed by atoms with van der Waals surface area (Å²) in [6.07, 6.45) is 0.281. The second-order valence-electron chi connectivity index (χ2n) is 7.23. The Morgan fingerprint density at radius 1 is 1.10 bits per heavy atom. The number of nitrogens with one attached hydrogen (secondary N) is 1. The summed E-state index contributed by atoms with van der Waals surface area (Å²) in [5, 5.41) is 11.8. The summed E-state index contributed by atoms with van der Waals surface area (Å²) >= 11 is 1.37. The Labute approximate surface area is 180 Å². The Hall–Kier alpha value is -2.59. The first-order valence-electron chi connectivity index (χ1n) is 9.83. The normalized spacial score (nSPS) is 14.6. The van der Waals surface area contributed by atoms with Crippen molar-refractivity contribution in [2.24, 2.45) is 7.05 Å². The number of hydrogen-bond donors (Lipinski definition) is 1. The molecule has 1 saturated heterocycles. The lowest BCUT2D eigenvalue weighted by Gasteiger charge is -2.32. The average Bonchev–Trinajstić information content (AvgIpc) is 3.11. The number of carbonyl (C=O) groups is 2. The molecule has 2 aromatic rings. The molecule has 0 bridgehead atoms. The molecule has 0 aliphatic carbocycles. The molecule has 1 aromatic heterocycles. The van der Waals surface area contributed by atoms with E-state index in [9.17, 15) is 9.59 Å². The number of aromatic nitrogens is 3. The van der Waals surface area contributed by atoms with Crippen LogP contribution in [0.1, 0.15) is 11.4 Å². The van der Waals surface area contributed by atoms with Gasteiger partial charge in [-0.05, 0) is 24.7 Å². The number of benzene rings is 1. The maximum Gasteiger partial charge on any atom is 0.233 e. The number of ether oxygens (including phenoxy) is 1. The van der Waals surface area contributed by atoms with Crippen LogP contribution in [0.5, 0.6) is 5.75 Å². The van der Waals surface area contributed by atoms with Gasteiger partial charge in [-0.25, -0.2) is 0 Å². The molecular weight excluding hydrogens is 404 g/mol. The standard InChI is InChI=1S/C20H28N6O3S/c1-24-8-10-26(11-9-24)19(28)14-30-20-23-22-17(25(20)2)13-21-18(27)12-15-4-6-16(29-3)7-5-15/h4-7H,8-14H2,1-3H3,(H,21,27). The Balaban J connectivity index is 1.45. The van der Waals surface area contributed by atoms with Crippen molar-refractivity contribution in [1.29, 1.82) is 0 Å². The van der Waals surface area contributed by atoms with Crippen LogP contribution in [0.2, 0.25) is 0 Å². The van der Waals surface area contributed by atoms with Crippen LogP contribution in [0.3, 0.4) is 0 Å². The summed E-state index contributed by atoms with van der Waals surface area (Å²) in [5.41, 5.74) is 0.907. The number of hydrogen-bond acceptors (Lipinski definition) is 7. The Morgan fingerprint density at radius 2 is 1.80 bits per heavy atom. The van der Waals surface area contributed by atoms with Gasteiger partial charge in [-0.1, -0.05) is 23.9 Å². The van der Waals surface area contributed by atoms with Crippen molar-refractivity contribution in [3.63, 3.8) is 0 Å². The molecule has 3 rings (SSSR count). The van der Waals surface area contributed by atoms with E-state index in [-0.39, 0.29) is 24.8 Å². The maximum atomic E-state index is 12.4. The molecule has 1 N–H and O–H groups in total. The summed E-state index contributed by atoms with van der Waals surface area (Å²) in [7, 11) is 5.51. The van der Waals surface area contributed by atoms with Gasteiger partial charge in [-0.15, -0.1) is 10.2 Å². The van der Waals surface area contributed by atoms with Gasteiger partial charge in [0.25, 0.3) is 0 Å². The molecule has 0 atom stereocenters. The third kappa shape index (κ3) is 5.96. The number of nitrogens with zero attached hydrogens (tertiary/aromatic N) is 5. The molecule has 1 aliphatic rings. The van der Waals surface area contributed by atoms with Crippen LogP contribution in [0.15, 0.2) is 29.4 Å². The van der Waals surface area contributed by atoms with Gasteiger partial charge in [-0.2, -0.15) is 0 Å². The molecule has 10 heteroatoms. The van der Waals surface area contributed by atoms with E-state index in [1.54, 1.807) is 7.11 Å². The molecule has 1 fully saturated rings. The van der Waals surface area contributed by atoms with Crippen LogP contribution in [0, 0.1) is 0 Å². The van der Waals surface area contributed by atoms with E-state index < -0.39 is 0 Å². The lowest BCUT2D eigenvalue weighted by Crippen LogP contribution is -2.47. The van der Waals surface area contributed by atoms with Crippen molar-refractivity contribution in [1.82, 2.24) is 29.9 Å². The van der Waals surface area contributed by atoms with Crippen LogP contribution in [-0.4, -0.2) is 82.5 Å². The molecule has 0 radical (unpaired) electrons. The Kier molecular flexibility index (Phi) is 7.69. The minimum absolute atomic E-state index is 0.0948. The number of rotatable bonds is 8. The molecule has 2 heterocycles. The predicted octanol–water partition coefficient (Wildman–Crippen LogP) is 0.549. The fourth-order valence-electron chi connectivity index (χ4n) is 3.07. The SMILES string of the molecule is COc1ccc(CC(=O)NCc2nnc(SCC(=O)N3CCN(C)CC3)n2C)cc1. The largest absolute Gasteiger partial charge is 0.497 e. The number of methoxy groups -OCH3 is 1. The molecule has 1 aliphatic heterocycles. The summed E-state index contributed by atoms with van der Waals surface area (Å²) in [5.74, 6) is 1.76. The fraction of sp³-hybridized carbons (Fsp3) is 0.500. The number of carbonyl (C=O) groups excluding carboxylic acids is 2. The molecule has 0 unspecified atom stereocenters. The van der Waals surface area contributed by atoms with Crippen molar-refractivity contribution in [2.45, 2.75) is 18.1 Å². The second kappa shape index (κ2) is 10.4. The van der Waals surface area contributed by atoms with Gasteiger partial charge >= 0.3 is 0 Å². The van der Waals surface area contributed by atoms with E-state index in [2.05, 4.69) is 27.5 Å². The molecule has 30 heavy (non-hydrogen) atoms. The number of likely N-dealkylation sites (N-methyl/N-ethyl adjacent to an activating group) is 1. The molecule has 162 valence electrons. The second-order valence-corrected chi connectivity index (χ2v) is 8.17. The third-order valence-corrected chi connectivity index (χ3v) is 6.08. The van der Waals surface area contributed by atoms with E-state index >= 15 is 0 Å². The smallest absolute Gasteiger partial charge is 0.233 e. The highest BCUT2D eigenvalue weighted by atomic mass is 32.2. The van der Waals surface area contributed by atoms with Crippen LogP contribution >= 0.6 is 11.8 Å². The minimum Gasteiger partial charge on any atom is -0.497 e. The van der Waals surface area contributed by atoms with Crippen LogP contribution in [0.25, 0.3) is 0 Å². The number of amides is 2. The zero-order valence-electron chi connectivity index (χ0n) is 17.6. The molecule has 2 amide bonds. The van der Waals surface area contributed by atoms with Gasteiger partial charge in [0.05, 0.1) is 25.8 Å².